The molecule has 0 spiro atoms. The normalized spacial score (nSPS) is 15.3. The van der Waals surface area contributed by atoms with Crippen molar-refractivity contribution in [3.8, 4) is 0 Å². The highest BCUT2D eigenvalue weighted by atomic mass is 15.1. The van der Waals surface area contributed by atoms with E-state index in [1.165, 1.54) is 38.5 Å². The Hall–Kier alpha value is -0.860. The first-order chi connectivity index (χ1) is 10.2. The fraction of sp³-hybridized carbons (Fsp3) is 0.889. The van der Waals surface area contributed by atoms with Gasteiger partial charge in [-0.05, 0) is 26.7 Å². The summed E-state index contributed by atoms with van der Waals surface area (Å²) in [4.78, 5) is 8.72. The molecule has 0 aromatic rings. The van der Waals surface area contributed by atoms with Gasteiger partial charge in [0, 0.05) is 18.8 Å². The van der Waals surface area contributed by atoms with Crippen LogP contribution >= 0.6 is 0 Å². The van der Waals surface area contributed by atoms with E-state index in [1.54, 1.807) is 0 Å². The summed E-state index contributed by atoms with van der Waals surface area (Å²) < 4.78 is 0. The van der Waals surface area contributed by atoms with Crippen LogP contribution in [0.15, 0.2) is 9.98 Å². The molecule has 0 radical (unpaired) electrons. The van der Waals surface area contributed by atoms with E-state index in [2.05, 4.69) is 36.1 Å². The number of nitrogens with zero attached hydrogens (tertiary/aromatic N) is 2. The molecule has 3 nitrogen and oxygen atoms in total. The summed E-state index contributed by atoms with van der Waals surface area (Å²) >= 11 is 0. The van der Waals surface area contributed by atoms with E-state index >= 15 is 0 Å². The Morgan fingerprint density at radius 2 is 1.38 bits per heavy atom. The lowest BCUT2D eigenvalue weighted by atomic mass is 10.0. The van der Waals surface area contributed by atoms with Gasteiger partial charge in [0.1, 0.15) is 0 Å². The second-order valence-electron chi connectivity index (χ2n) is 5.06. The predicted molar refractivity (Wildman–Crippen MR) is 98.7 cm³/mol. The smallest absolute Gasteiger partial charge is 0.217 e. The molecule has 1 N–H and O–H groups in total. The Balaban J connectivity index is 0. The van der Waals surface area contributed by atoms with Crippen molar-refractivity contribution >= 4 is 11.7 Å². The van der Waals surface area contributed by atoms with Crippen LogP contribution in [-0.2, 0) is 0 Å². The fourth-order valence-corrected chi connectivity index (χ4v) is 1.83. The van der Waals surface area contributed by atoms with E-state index in [0.717, 1.165) is 37.6 Å². The lowest BCUT2D eigenvalue weighted by Gasteiger charge is -2.05. The van der Waals surface area contributed by atoms with Crippen LogP contribution in [0.4, 0.5) is 0 Å². The number of aliphatic imine (C=N–C) groups is 2. The SMILES string of the molecule is C1CCCCC1.CC.CCCN=C(/N=C(/C)CC)NCC. The Bertz CT molecular complexity index is 242. The van der Waals surface area contributed by atoms with Crippen LogP contribution in [0.5, 0.6) is 0 Å². The van der Waals surface area contributed by atoms with Crippen LogP contribution in [-0.4, -0.2) is 24.8 Å². The van der Waals surface area contributed by atoms with Gasteiger partial charge in [0.2, 0.25) is 5.96 Å². The fourth-order valence-electron chi connectivity index (χ4n) is 1.83. The summed E-state index contributed by atoms with van der Waals surface area (Å²) in [5.41, 5.74) is 1.12. The van der Waals surface area contributed by atoms with E-state index in [-0.39, 0.29) is 0 Å². The summed E-state index contributed by atoms with van der Waals surface area (Å²) in [7, 11) is 0. The third-order valence-corrected chi connectivity index (χ3v) is 3.13. The van der Waals surface area contributed by atoms with Gasteiger partial charge in [-0.3, -0.25) is 4.99 Å². The molecule has 0 atom stereocenters. The van der Waals surface area contributed by atoms with E-state index in [1.807, 2.05) is 20.8 Å². The van der Waals surface area contributed by atoms with Gasteiger partial charge in [-0.1, -0.05) is 66.2 Å². The van der Waals surface area contributed by atoms with Crippen LogP contribution < -0.4 is 5.32 Å². The van der Waals surface area contributed by atoms with Crippen molar-refractivity contribution in [3.63, 3.8) is 0 Å². The van der Waals surface area contributed by atoms with E-state index in [0.29, 0.717) is 0 Å². The minimum Gasteiger partial charge on any atom is -0.355 e. The number of hydrogen-bond donors (Lipinski definition) is 1. The summed E-state index contributed by atoms with van der Waals surface area (Å²) in [5, 5.41) is 3.15. The zero-order valence-corrected chi connectivity index (χ0v) is 15.5. The second kappa shape index (κ2) is 19.1. The lowest BCUT2D eigenvalue weighted by molar-refractivity contribution is 0.504. The molecule has 1 aliphatic carbocycles. The highest BCUT2D eigenvalue weighted by Gasteiger charge is 1.95. The van der Waals surface area contributed by atoms with Crippen molar-refractivity contribution in [1.29, 1.82) is 0 Å². The Morgan fingerprint density at radius 1 is 0.905 bits per heavy atom. The van der Waals surface area contributed by atoms with Crippen LogP contribution in [0.2, 0.25) is 0 Å². The maximum atomic E-state index is 4.38. The van der Waals surface area contributed by atoms with Crippen molar-refractivity contribution in [2.45, 2.75) is 92.9 Å². The average molecular weight is 298 g/mol. The molecule has 0 bridgehead atoms. The second-order valence-corrected chi connectivity index (χ2v) is 5.06. The first-order valence-electron chi connectivity index (χ1n) is 9.07. The topological polar surface area (TPSA) is 36.8 Å². The van der Waals surface area contributed by atoms with Crippen molar-refractivity contribution in [2.75, 3.05) is 13.1 Å². The van der Waals surface area contributed by atoms with Gasteiger partial charge >= 0.3 is 0 Å². The molecule has 3 heteroatoms. The molecule has 0 aromatic heterocycles. The van der Waals surface area contributed by atoms with Gasteiger partial charge in [-0.2, -0.15) is 0 Å². The van der Waals surface area contributed by atoms with Crippen LogP contribution in [0.1, 0.15) is 92.9 Å². The minimum atomic E-state index is 0.781. The Labute approximate surface area is 133 Å². The van der Waals surface area contributed by atoms with Crippen LogP contribution in [0, 0.1) is 0 Å². The summed E-state index contributed by atoms with van der Waals surface area (Å²) in [5.74, 6) is 0.781. The van der Waals surface area contributed by atoms with E-state index < -0.39 is 0 Å². The summed E-state index contributed by atoms with van der Waals surface area (Å²) in [6.07, 6.45) is 11.0. The van der Waals surface area contributed by atoms with Crippen molar-refractivity contribution in [1.82, 2.24) is 5.32 Å². The van der Waals surface area contributed by atoms with Gasteiger partial charge in [0.25, 0.3) is 0 Å². The van der Waals surface area contributed by atoms with Gasteiger partial charge in [-0.25, -0.2) is 4.99 Å². The predicted octanol–water partition coefficient (Wildman–Crippen LogP) is 5.60. The third kappa shape index (κ3) is 17.1. The quantitative estimate of drug-likeness (QED) is 0.532. The number of hydrogen-bond acceptors (Lipinski definition) is 1. The molecule has 126 valence electrons. The average Bonchev–Trinajstić information content (AvgIpc) is 2.56. The molecule has 1 saturated carbocycles. The Morgan fingerprint density at radius 3 is 1.71 bits per heavy atom. The van der Waals surface area contributed by atoms with Gasteiger partial charge in [0.05, 0.1) is 0 Å². The molecule has 0 heterocycles. The molecule has 0 saturated heterocycles. The highest BCUT2D eigenvalue weighted by Crippen LogP contribution is 2.15. The monoisotopic (exact) mass is 297 g/mol. The minimum absolute atomic E-state index is 0.781. The largest absolute Gasteiger partial charge is 0.355 e. The van der Waals surface area contributed by atoms with E-state index in [4.69, 9.17) is 0 Å². The first kappa shape index (κ1) is 22.4. The van der Waals surface area contributed by atoms with Crippen molar-refractivity contribution in [3.05, 3.63) is 0 Å². The Kier molecular flexibility index (Phi) is 20.4. The molecule has 0 amide bonds. The van der Waals surface area contributed by atoms with E-state index in [9.17, 15) is 0 Å². The van der Waals surface area contributed by atoms with Crippen molar-refractivity contribution < 1.29 is 0 Å². The maximum Gasteiger partial charge on any atom is 0.217 e. The zero-order chi connectivity index (χ0) is 16.3. The summed E-state index contributed by atoms with van der Waals surface area (Å²) in [6, 6.07) is 0. The number of guanidine groups is 1. The highest BCUT2D eigenvalue weighted by molar-refractivity contribution is 5.95. The number of nitrogens with one attached hydrogen (secondary N) is 1. The molecular weight excluding hydrogens is 258 g/mol. The van der Waals surface area contributed by atoms with Gasteiger partial charge < -0.3 is 5.32 Å². The molecular formula is C18H39N3. The van der Waals surface area contributed by atoms with Crippen LogP contribution in [0.25, 0.3) is 0 Å². The molecule has 1 rings (SSSR count). The van der Waals surface area contributed by atoms with Gasteiger partial charge in [-0.15, -0.1) is 0 Å². The molecule has 1 aliphatic rings. The molecule has 0 aromatic carbocycles. The summed E-state index contributed by atoms with van der Waals surface area (Å²) in [6.45, 7) is 14.0. The van der Waals surface area contributed by atoms with Crippen LogP contribution in [0.3, 0.4) is 0 Å². The first-order valence-corrected chi connectivity index (χ1v) is 9.07. The number of rotatable bonds is 4. The molecule has 0 aliphatic heterocycles. The maximum absolute atomic E-state index is 4.38. The molecule has 0 unspecified atom stereocenters. The molecule has 21 heavy (non-hydrogen) atoms. The third-order valence-electron chi connectivity index (χ3n) is 3.13. The lowest BCUT2D eigenvalue weighted by Crippen LogP contribution is -2.22. The van der Waals surface area contributed by atoms with Crippen molar-refractivity contribution in [2.24, 2.45) is 9.98 Å². The van der Waals surface area contributed by atoms with Gasteiger partial charge in [0.15, 0.2) is 0 Å². The molecule has 1 fully saturated rings. The zero-order valence-electron chi connectivity index (χ0n) is 15.5. The standard InChI is InChI=1S/C10H21N3.C6H12.C2H6/c1-5-8-12-10(11-7-3)13-9(4)6-2;1-2-4-6-5-3-1;1-2/h5-8H2,1-4H3,(H,11,12);1-6H2;1-2H3/b13-9-;;.